The van der Waals surface area contributed by atoms with Crippen molar-refractivity contribution in [2.75, 3.05) is 16.8 Å². The van der Waals surface area contributed by atoms with Gasteiger partial charge in [-0.25, -0.2) is 0 Å². The van der Waals surface area contributed by atoms with Crippen molar-refractivity contribution in [3.63, 3.8) is 0 Å². The number of hydrogen-bond donors (Lipinski definition) is 2. The SMILES string of the molecule is CCCSc1ccc(N)c(NC(=O)c2csc(I)c2)c1. The predicted molar refractivity (Wildman–Crippen MR) is 96.9 cm³/mol. The van der Waals surface area contributed by atoms with Crippen LogP contribution in [0.4, 0.5) is 11.4 Å². The first-order valence-electron chi connectivity index (χ1n) is 6.18. The van der Waals surface area contributed by atoms with Crippen molar-refractivity contribution in [2.24, 2.45) is 0 Å². The van der Waals surface area contributed by atoms with Gasteiger partial charge in [0.15, 0.2) is 0 Å². The van der Waals surface area contributed by atoms with Crippen LogP contribution in [0, 0.1) is 2.88 Å². The van der Waals surface area contributed by atoms with Crippen molar-refractivity contribution in [3.8, 4) is 0 Å². The molecular weight excluding hydrogens is 403 g/mol. The highest BCUT2D eigenvalue weighted by molar-refractivity contribution is 14.1. The number of amides is 1. The average molecular weight is 418 g/mol. The molecule has 20 heavy (non-hydrogen) atoms. The van der Waals surface area contributed by atoms with Gasteiger partial charge < -0.3 is 11.1 Å². The fourth-order valence-corrected chi connectivity index (χ4v) is 3.71. The topological polar surface area (TPSA) is 55.1 Å². The first kappa shape index (κ1) is 15.7. The summed E-state index contributed by atoms with van der Waals surface area (Å²) in [4.78, 5) is 13.3. The standard InChI is InChI=1S/C14H15IN2OS2/c1-2-5-19-10-3-4-11(16)12(7-10)17-14(18)9-6-13(15)20-8-9/h3-4,6-8H,2,5,16H2,1H3,(H,17,18). The van der Waals surface area contributed by atoms with E-state index in [1.807, 2.05) is 29.6 Å². The Kier molecular flexibility index (Phi) is 5.74. The van der Waals surface area contributed by atoms with Gasteiger partial charge in [-0.1, -0.05) is 6.92 Å². The maximum absolute atomic E-state index is 12.1. The van der Waals surface area contributed by atoms with Gasteiger partial charge in [-0.2, -0.15) is 0 Å². The van der Waals surface area contributed by atoms with Crippen LogP contribution in [0.15, 0.2) is 34.5 Å². The maximum Gasteiger partial charge on any atom is 0.256 e. The molecule has 0 aliphatic heterocycles. The third-order valence-electron chi connectivity index (χ3n) is 2.58. The first-order valence-corrected chi connectivity index (χ1v) is 9.12. The van der Waals surface area contributed by atoms with Crippen molar-refractivity contribution < 1.29 is 4.79 Å². The molecule has 1 aromatic heterocycles. The van der Waals surface area contributed by atoms with Gasteiger partial charge >= 0.3 is 0 Å². The highest BCUT2D eigenvalue weighted by Gasteiger charge is 2.10. The number of carbonyl (C=O) groups excluding carboxylic acids is 1. The first-order chi connectivity index (χ1) is 9.60. The van der Waals surface area contributed by atoms with Crippen molar-refractivity contribution in [1.82, 2.24) is 0 Å². The second-order valence-electron chi connectivity index (χ2n) is 4.19. The molecule has 0 unspecified atom stereocenters. The number of rotatable bonds is 5. The van der Waals surface area contributed by atoms with E-state index in [2.05, 4.69) is 34.8 Å². The molecule has 0 saturated heterocycles. The summed E-state index contributed by atoms with van der Waals surface area (Å²) in [5, 5.41) is 4.73. The minimum Gasteiger partial charge on any atom is -0.397 e. The van der Waals surface area contributed by atoms with Crippen molar-refractivity contribution in [3.05, 3.63) is 38.1 Å². The number of benzene rings is 1. The molecule has 0 atom stereocenters. The molecule has 2 aromatic rings. The van der Waals surface area contributed by atoms with E-state index in [1.54, 1.807) is 23.1 Å². The van der Waals surface area contributed by atoms with Crippen molar-refractivity contribution in [2.45, 2.75) is 18.2 Å². The third kappa shape index (κ3) is 4.13. The Labute approximate surface area is 140 Å². The number of thiophene rings is 1. The summed E-state index contributed by atoms with van der Waals surface area (Å²) in [5.41, 5.74) is 7.86. The van der Waals surface area contributed by atoms with E-state index in [0.717, 1.165) is 20.0 Å². The Hall–Kier alpha value is -0.730. The van der Waals surface area contributed by atoms with Crippen molar-refractivity contribution >= 4 is 63.0 Å². The molecule has 0 aliphatic carbocycles. The van der Waals surface area contributed by atoms with E-state index >= 15 is 0 Å². The Bertz CT molecular complexity index is 613. The monoisotopic (exact) mass is 418 g/mol. The lowest BCUT2D eigenvalue weighted by Crippen LogP contribution is -2.12. The molecule has 2 rings (SSSR count). The van der Waals surface area contributed by atoms with Crippen LogP contribution >= 0.6 is 45.7 Å². The molecule has 106 valence electrons. The molecule has 6 heteroatoms. The number of carbonyl (C=O) groups is 1. The minimum absolute atomic E-state index is 0.117. The number of thioether (sulfide) groups is 1. The summed E-state index contributed by atoms with van der Waals surface area (Å²) in [6.45, 7) is 2.14. The van der Waals surface area contributed by atoms with Crippen LogP contribution in [-0.2, 0) is 0 Å². The number of halogens is 1. The highest BCUT2D eigenvalue weighted by Crippen LogP contribution is 2.28. The Morgan fingerprint density at radius 3 is 2.90 bits per heavy atom. The molecule has 0 radical (unpaired) electrons. The maximum atomic E-state index is 12.1. The zero-order chi connectivity index (χ0) is 14.5. The van der Waals surface area contributed by atoms with E-state index in [1.165, 1.54) is 0 Å². The van der Waals surface area contributed by atoms with Gasteiger partial charge in [0, 0.05) is 10.3 Å². The number of nitrogens with one attached hydrogen (secondary N) is 1. The van der Waals surface area contributed by atoms with Crippen LogP contribution in [-0.4, -0.2) is 11.7 Å². The molecule has 0 aliphatic rings. The smallest absolute Gasteiger partial charge is 0.256 e. The molecule has 1 amide bonds. The molecular formula is C14H15IN2OS2. The van der Waals surface area contributed by atoms with Crippen LogP contribution < -0.4 is 11.1 Å². The van der Waals surface area contributed by atoms with Crippen LogP contribution in [0.5, 0.6) is 0 Å². The lowest BCUT2D eigenvalue weighted by molar-refractivity contribution is 0.102. The van der Waals surface area contributed by atoms with Crippen LogP contribution in [0.2, 0.25) is 0 Å². The molecule has 0 spiro atoms. The lowest BCUT2D eigenvalue weighted by atomic mass is 10.2. The normalized spacial score (nSPS) is 10.5. The van der Waals surface area contributed by atoms with Gasteiger partial charge in [0.25, 0.3) is 5.91 Å². The number of nitrogen functional groups attached to an aromatic ring is 1. The molecule has 1 heterocycles. The van der Waals surface area contributed by atoms with Crippen LogP contribution in [0.25, 0.3) is 0 Å². The van der Waals surface area contributed by atoms with Gasteiger partial charge in [0.2, 0.25) is 0 Å². The van der Waals surface area contributed by atoms with Gasteiger partial charge in [0.05, 0.1) is 19.8 Å². The molecule has 1 aromatic carbocycles. The predicted octanol–water partition coefficient (Wildman–Crippen LogP) is 4.69. The third-order valence-corrected chi connectivity index (χ3v) is 5.56. The van der Waals surface area contributed by atoms with Crippen LogP contribution in [0.3, 0.4) is 0 Å². The molecule has 3 N–H and O–H groups in total. The summed E-state index contributed by atoms with van der Waals surface area (Å²) in [6, 6.07) is 7.63. The largest absolute Gasteiger partial charge is 0.397 e. The fourth-order valence-electron chi connectivity index (χ4n) is 1.58. The van der Waals surface area contributed by atoms with Gasteiger partial charge in [-0.05, 0) is 59.0 Å². The lowest BCUT2D eigenvalue weighted by Gasteiger charge is -2.09. The summed E-state index contributed by atoms with van der Waals surface area (Å²) >= 11 is 5.52. The number of hydrogen-bond acceptors (Lipinski definition) is 4. The Balaban J connectivity index is 2.13. The summed E-state index contributed by atoms with van der Waals surface area (Å²) in [7, 11) is 0. The van der Waals surface area contributed by atoms with E-state index in [4.69, 9.17) is 5.73 Å². The zero-order valence-corrected chi connectivity index (χ0v) is 14.8. The van der Waals surface area contributed by atoms with E-state index in [9.17, 15) is 4.79 Å². The van der Waals surface area contributed by atoms with Gasteiger partial charge in [-0.3, -0.25) is 4.79 Å². The zero-order valence-electron chi connectivity index (χ0n) is 11.0. The van der Waals surface area contributed by atoms with E-state index in [0.29, 0.717) is 16.9 Å². The van der Waals surface area contributed by atoms with E-state index < -0.39 is 0 Å². The van der Waals surface area contributed by atoms with Crippen LogP contribution in [0.1, 0.15) is 23.7 Å². The summed E-state index contributed by atoms with van der Waals surface area (Å²) in [5.74, 6) is 0.938. The second kappa shape index (κ2) is 7.33. The second-order valence-corrected chi connectivity index (χ2v) is 8.16. The molecule has 3 nitrogen and oxygen atoms in total. The molecule has 0 bridgehead atoms. The Morgan fingerprint density at radius 2 is 2.25 bits per heavy atom. The number of nitrogens with two attached hydrogens (primary N) is 1. The summed E-state index contributed by atoms with van der Waals surface area (Å²) in [6.07, 6.45) is 1.12. The number of anilines is 2. The average Bonchev–Trinajstić information content (AvgIpc) is 2.86. The molecule has 0 saturated carbocycles. The van der Waals surface area contributed by atoms with Gasteiger partial charge in [0.1, 0.15) is 0 Å². The highest BCUT2D eigenvalue weighted by atomic mass is 127. The quantitative estimate of drug-likeness (QED) is 0.421. The van der Waals surface area contributed by atoms with Crippen molar-refractivity contribution in [1.29, 1.82) is 0 Å². The van der Waals surface area contributed by atoms with Gasteiger partial charge in [-0.15, -0.1) is 23.1 Å². The minimum atomic E-state index is -0.117. The fraction of sp³-hybridized carbons (Fsp3) is 0.214. The summed E-state index contributed by atoms with van der Waals surface area (Å²) < 4.78 is 1.09. The van der Waals surface area contributed by atoms with E-state index in [-0.39, 0.29) is 5.91 Å². The molecule has 0 fully saturated rings. The Morgan fingerprint density at radius 1 is 1.45 bits per heavy atom.